The number of halogens is 1. The maximum Gasteiger partial charge on any atom is 0.351 e. The molecule has 1 aliphatic rings. The lowest BCUT2D eigenvalue weighted by Gasteiger charge is -2.19. The summed E-state index contributed by atoms with van der Waals surface area (Å²) in [7, 11) is 2.52. The van der Waals surface area contributed by atoms with E-state index in [-0.39, 0.29) is 22.0 Å². The maximum atomic E-state index is 14.2. The lowest BCUT2D eigenvalue weighted by Crippen LogP contribution is -2.26. The van der Waals surface area contributed by atoms with Gasteiger partial charge >= 0.3 is 5.97 Å². The largest absolute Gasteiger partial charge is 0.497 e. The van der Waals surface area contributed by atoms with Crippen LogP contribution in [0, 0.1) is 17.1 Å². The molecule has 6 nitrogen and oxygen atoms in total. The summed E-state index contributed by atoms with van der Waals surface area (Å²) in [6.45, 7) is 0. The molecular formula is C14H11FN2O4S. The predicted molar refractivity (Wildman–Crippen MR) is 77.6 cm³/mol. The number of hydrogen-bond donors (Lipinski definition) is 0. The fraction of sp³-hybridized carbons (Fsp3) is 0.214. The summed E-state index contributed by atoms with van der Waals surface area (Å²) in [4.78, 5) is 24.7. The summed E-state index contributed by atoms with van der Waals surface area (Å²) in [6, 6.07) is 5.65. The molecule has 0 atom stereocenters. The number of methoxy groups -OCH3 is 2. The second kappa shape index (κ2) is 6.49. The number of amides is 1. The van der Waals surface area contributed by atoms with Gasteiger partial charge in [0.2, 0.25) is 5.91 Å². The van der Waals surface area contributed by atoms with Crippen molar-refractivity contribution in [3.63, 3.8) is 0 Å². The van der Waals surface area contributed by atoms with Gasteiger partial charge in [-0.25, -0.2) is 9.18 Å². The van der Waals surface area contributed by atoms with Crippen LogP contribution in [0.2, 0.25) is 0 Å². The first-order chi connectivity index (χ1) is 10.5. The van der Waals surface area contributed by atoms with Gasteiger partial charge in [-0.1, -0.05) is 11.8 Å². The molecule has 0 spiro atoms. The molecule has 22 heavy (non-hydrogen) atoms. The van der Waals surface area contributed by atoms with Gasteiger partial charge in [-0.15, -0.1) is 0 Å². The average molecular weight is 322 g/mol. The molecule has 0 N–H and O–H groups in total. The van der Waals surface area contributed by atoms with Crippen LogP contribution in [0.4, 0.5) is 10.1 Å². The van der Waals surface area contributed by atoms with Crippen molar-refractivity contribution in [3.05, 3.63) is 34.6 Å². The van der Waals surface area contributed by atoms with Crippen molar-refractivity contribution >= 4 is 29.3 Å². The Balaban J connectivity index is 2.56. The topological polar surface area (TPSA) is 79.6 Å². The van der Waals surface area contributed by atoms with Crippen molar-refractivity contribution < 1.29 is 23.5 Å². The van der Waals surface area contributed by atoms with Crippen LogP contribution in [-0.4, -0.2) is 31.8 Å². The number of carbonyl (C=O) groups excluding carboxylic acids is 2. The van der Waals surface area contributed by atoms with Crippen molar-refractivity contribution in [3.8, 4) is 11.8 Å². The minimum Gasteiger partial charge on any atom is -0.497 e. The summed E-state index contributed by atoms with van der Waals surface area (Å²) >= 11 is 0.983. The lowest BCUT2D eigenvalue weighted by atomic mass is 10.2. The smallest absolute Gasteiger partial charge is 0.351 e. The third-order valence-electron chi connectivity index (χ3n) is 2.90. The van der Waals surface area contributed by atoms with Crippen LogP contribution in [-0.2, 0) is 14.3 Å². The van der Waals surface area contributed by atoms with E-state index in [0.29, 0.717) is 5.75 Å². The quantitative estimate of drug-likeness (QED) is 0.480. The molecule has 1 heterocycles. The summed E-state index contributed by atoms with van der Waals surface area (Å²) in [5.41, 5.74) is -0.393. The first kappa shape index (κ1) is 15.9. The normalized spacial score (nSPS) is 16.3. The van der Waals surface area contributed by atoms with Crippen molar-refractivity contribution in [2.24, 2.45) is 0 Å². The van der Waals surface area contributed by atoms with Crippen molar-refractivity contribution in [1.82, 2.24) is 0 Å². The average Bonchev–Trinajstić information content (AvgIpc) is 2.89. The fourth-order valence-electron chi connectivity index (χ4n) is 1.88. The van der Waals surface area contributed by atoms with Crippen molar-refractivity contribution in [1.29, 1.82) is 5.26 Å². The lowest BCUT2D eigenvalue weighted by molar-refractivity contribution is -0.135. The van der Waals surface area contributed by atoms with E-state index >= 15 is 0 Å². The molecule has 8 heteroatoms. The molecule has 1 saturated heterocycles. The molecule has 1 aliphatic heterocycles. The van der Waals surface area contributed by atoms with Crippen LogP contribution in [0.15, 0.2) is 28.8 Å². The number of esters is 1. The van der Waals surface area contributed by atoms with Gasteiger partial charge in [0.05, 0.1) is 25.7 Å². The van der Waals surface area contributed by atoms with E-state index in [1.54, 1.807) is 6.07 Å². The van der Waals surface area contributed by atoms with Gasteiger partial charge in [0.15, 0.2) is 11.4 Å². The standard InChI is InChI=1S/C14H11FN2O4S/c1-20-8-3-4-11(10(15)5-8)17-12(18)7-22-13(17)9(6-16)14(19)21-2/h3-5H,7H2,1-2H3. The first-order valence-electron chi connectivity index (χ1n) is 6.05. The maximum absolute atomic E-state index is 14.2. The Labute approximate surface area is 130 Å². The van der Waals surface area contributed by atoms with E-state index in [9.17, 15) is 14.0 Å². The van der Waals surface area contributed by atoms with Crippen molar-refractivity contribution in [2.75, 3.05) is 24.9 Å². The molecule has 1 aromatic rings. The SMILES string of the molecule is COC(=O)C(C#N)=C1SCC(=O)N1c1ccc(OC)cc1F. The van der Waals surface area contributed by atoms with E-state index in [4.69, 9.17) is 10.00 Å². The molecule has 0 saturated carbocycles. The Morgan fingerprint density at radius 1 is 1.45 bits per heavy atom. The van der Waals surface area contributed by atoms with E-state index < -0.39 is 17.7 Å². The van der Waals surface area contributed by atoms with Crippen LogP contribution in [0.3, 0.4) is 0 Å². The number of carbonyl (C=O) groups is 2. The van der Waals surface area contributed by atoms with Crippen molar-refractivity contribution in [2.45, 2.75) is 0 Å². The van der Waals surface area contributed by atoms with Crippen LogP contribution >= 0.6 is 11.8 Å². The Morgan fingerprint density at radius 3 is 2.73 bits per heavy atom. The molecule has 0 aromatic heterocycles. The molecule has 0 aliphatic carbocycles. The number of hydrogen-bond acceptors (Lipinski definition) is 6. The highest BCUT2D eigenvalue weighted by molar-refractivity contribution is 8.04. The molecule has 0 bridgehead atoms. The van der Waals surface area contributed by atoms with Gasteiger partial charge < -0.3 is 9.47 Å². The molecular weight excluding hydrogens is 311 g/mol. The van der Waals surface area contributed by atoms with Gasteiger partial charge in [-0.2, -0.15) is 5.26 Å². The number of thioether (sulfide) groups is 1. The number of rotatable bonds is 3. The second-order valence-electron chi connectivity index (χ2n) is 4.12. The highest BCUT2D eigenvalue weighted by atomic mass is 32.2. The van der Waals surface area contributed by atoms with Crippen LogP contribution in [0.1, 0.15) is 0 Å². The van der Waals surface area contributed by atoms with E-state index in [0.717, 1.165) is 29.8 Å². The molecule has 114 valence electrons. The van der Waals surface area contributed by atoms with Gasteiger partial charge in [-0.3, -0.25) is 9.69 Å². The third kappa shape index (κ3) is 2.76. The van der Waals surface area contributed by atoms with E-state index in [1.807, 2.05) is 0 Å². The Hall–Kier alpha value is -2.53. The minimum absolute atomic E-state index is 0.00295. The molecule has 0 unspecified atom stereocenters. The zero-order valence-corrected chi connectivity index (χ0v) is 12.6. The Bertz CT molecular complexity index is 711. The zero-order valence-electron chi connectivity index (χ0n) is 11.8. The number of benzene rings is 1. The summed E-state index contributed by atoms with van der Waals surface area (Å²) in [6.07, 6.45) is 0. The minimum atomic E-state index is -0.876. The molecule has 2 rings (SSSR count). The molecule has 1 fully saturated rings. The predicted octanol–water partition coefficient (Wildman–Crippen LogP) is 1.82. The van der Waals surface area contributed by atoms with E-state index in [2.05, 4.69) is 4.74 Å². The van der Waals surface area contributed by atoms with Gasteiger partial charge in [0.25, 0.3) is 0 Å². The number of nitriles is 1. The fourth-order valence-corrected chi connectivity index (χ4v) is 2.87. The first-order valence-corrected chi connectivity index (χ1v) is 7.04. The van der Waals surface area contributed by atoms with Gasteiger partial charge in [0.1, 0.15) is 16.8 Å². The number of ether oxygens (including phenoxy) is 2. The zero-order chi connectivity index (χ0) is 16.3. The summed E-state index contributed by atoms with van der Waals surface area (Å²) in [5.74, 6) is -1.71. The van der Waals surface area contributed by atoms with Gasteiger partial charge in [-0.05, 0) is 12.1 Å². The number of nitrogens with zero attached hydrogens (tertiary/aromatic N) is 2. The highest BCUT2D eigenvalue weighted by Crippen LogP contribution is 2.38. The monoisotopic (exact) mass is 322 g/mol. The number of anilines is 1. The Morgan fingerprint density at radius 2 is 2.18 bits per heavy atom. The van der Waals surface area contributed by atoms with E-state index in [1.165, 1.54) is 19.2 Å². The van der Waals surface area contributed by atoms with Crippen LogP contribution in [0.25, 0.3) is 0 Å². The van der Waals surface area contributed by atoms with Crippen LogP contribution < -0.4 is 9.64 Å². The molecule has 1 amide bonds. The summed E-state index contributed by atoms with van der Waals surface area (Å²) < 4.78 is 23.6. The third-order valence-corrected chi connectivity index (χ3v) is 3.95. The highest BCUT2D eigenvalue weighted by Gasteiger charge is 2.35. The molecule has 0 radical (unpaired) electrons. The summed E-state index contributed by atoms with van der Waals surface area (Å²) in [5, 5.41) is 9.18. The Kier molecular flexibility index (Phi) is 4.68. The van der Waals surface area contributed by atoms with Gasteiger partial charge in [0, 0.05) is 6.07 Å². The molecule has 1 aromatic carbocycles. The van der Waals surface area contributed by atoms with Crippen LogP contribution in [0.5, 0.6) is 5.75 Å². The second-order valence-corrected chi connectivity index (χ2v) is 5.08.